The summed E-state index contributed by atoms with van der Waals surface area (Å²) in [5.74, 6) is 0.0566. The number of halogens is 1. The number of amides is 1. The van der Waals surface area contributed by atoms with Crippen molar-refractivity contribution in [1.29, 1.82) is 0 Å². The number of hydrogen-bond donors (Lipinski definition) is 2. The minimum absolute atomic E-state index is 0.0547. The molecule has 72 valence electrons. The molecule has 0 bridgehead atoms. The largest absolute Gasteiger partial charge is 0.351 e. The molecule has 1 amide bonds. The van der Waals surface area contributed by atoms with Crippen LogP contribution in [0.5, 0.6) is 0 Å². The van der Waals surface area contributed by atoms with Gasteiger partial charge in [0.05, 0.1) is 10.4 Å². The Labute approximate surface area is 86.1 Å². The number of nitrogens with two attached hydrogens (primary N) is 1. The summed E-state index contributed by atoms with van der Waals surface area (Å²) >= 11 is 7.44. The summed E-state index contributed by atoms with van der Waals surface area (Å²) in [7, 11) is 0. The standard InChI is InChI=1S/C8H11ClN2OS/c9-6-2-1-5(13-6)8-4(10)3-7(12)11-8/h2,4-5,8H,1,3,10H2,(H,11,12)/t4-,5+,8?/m0/s1. The molecule has 0 saturated carbocycles. The van der Waals surface area contributed by atoms with Crippen LogP contribution in [0.4, 0.5) is 0 Å². The maximum atomic E-state index is 11.1. The van der Waals surface area contributed by atoms with Gasteiger partial charge in [0, 0.05) is 17.7 Å². The third-order valence-corrected chi connectivity index (χ3v) is 3.99. The molecule has 3 nitrogen and oxygen atoms in total. The Hall–Kier alpha value is -0.190. The molecule has 2 aliphatic heterocycles. The summed E-state index contributed by atoms with van der Waals surface area (Å²) in [5.41, 5.74) is 5.83. The Morgan fingerprint density at radius 2 is 2.46 bits per heavy atom. The molecule has 0 radical (unpaired) electrons. The zero-order valence-electron chi connectivity index (χ0n) is 7.00. The summed E-state index contributed by atoms with van der Waals surface area (Å²) in [6, 6.07) is 0.0333. The van der Waals surface area contributed by atoms with Gasteiger partial charge in [0.2, 0.25) is 5.91 Å². The van der Waals surface area contributed by atoms with Crippen LogP contribution < -0.4 is 11.1 Å². The van der Waals surface area contributed by atoms with E-state index in [1.807, 2.05) is 6.08 Å². The van der Waals surface area contributed by atoms with Gasteiger partial charge >= 0.3 is 0 Å². The second-order valence-electron chi connectivity index (χ2n) is 3.36. The molecule has 13 heavy (non-hydrogen) atoms. The van der Waals surface area contributed by atoms with Crippen LogP contribution in [0.3, 0.4) is 0 Å². The highest BCUT2D eigenvalue weighted by molar-refractivity contribution is 8.05. The lowest BCUT2D eigenvalue weighted by molar-refractivity contribution is -0.119. The summed E-state index contributed by atoms with van der Waals surface area (Å²) in [5, 5.41) is 3.22. The second kappa shape index (κ2) is 3.52. The molecule has 1 saturated heterocycles. The van der Waals surface area contributed by atoms with Gasteiger partial charge in [-0.3, -0.25) is 4.79 Å². The van der Waals surface area contributed by atoms with E-state index in [0.29, 0.717) is 11.7 Å². The van der Waals surface area contributed by atoms with Crippen LogP contribution >= 0.6 is 23.4 Å². The first-order chi connectivity index (χ1) is 6.16. The van der Waals surface area contributed by atoms with Crippen LogP contribution in [-0.2, 0) is 4.79 Å². The third-order valence-electron chi connectivity index (χ3n) is 2.39. The van der Waals surface area contributed by atoms with Crippen molar-refractivity contribution in [2.24, 2.45) is 5.73 Å². The lowest BCUT2D eigenvalue weighted by Gasteiger charge is -2.21. The molecule has 0 aromatic carbocycles. The molecule has 3 atom stereocenters. The Balaban J connectivity index is 1.99. The van der Waals surface area contributed by atoms with E-state index in [0.717, 1.165) is 10.8 Å². The van der Waals surface area contributed by atoms with Crippen molar-refractivity contribution < 1.29 is 4.79 Å². The van der Waals surface area contributed by atoms with E-state index in [4.69, 9.17) is 17.3 Å². The average Bonchev–Trinajstić information content (AvgIpc) is 2.58. The van der Waals surface area contributed by atoms with Crippen molar-refractivity contribution in [3.8, 4) is 0 Å². The number of carbonyl (C=O) groups is 1. The predicted octanol–water partition coefficient (Wildman–Crippen LogP) is 0.788. The van der Waals surface area contributed by atoms with E-state index in [1.165, 1.54) is 0 Å². The van der Waals surface area contributed by atoms with Crippen LogP contribution in [0.25, 0.3) is 0 Å². The van der Waals surface area contributed by atoms with Crippen molar-refractivity contribution in [2.45, 2.75) is 30.2 Å². The fourth-order valence-corrected chi connectivity index (χ4v) is 3.25. The Morgan fingerprint density at radius 3 is 2.92 bits per heavy atom. The first-order valence-corrected chi connectivity index (χ1v) is 5.50. The van der Waals surface area contributed by atoms with Crippen LogP contribution in [0.15, 0.2) is 10.4 Å². The third kappa shape index (κ3) is 1.85. The van der Waals surface area contributed by atoms with Gasteiger partial charge in [0.25, 0.3) is 0 Å². The van der Waals surface area contributed by atoms with Gasteiger partial charge in [-0.2, -0.15) is 0 Å². The summed E-state index contributed by atoms with van der Waals surface area (Å²) < 4.78 is 0.818. The van der Waals surface area contributed by atoms with Gasteiger partial charge in [-0.25, -0.2) is 0 Å². The van der Waals surface area contributed by atoms with Crippen molar-refractivity contribution in [3.05, 3.63) is 10.4 Å². The average molecular weight is 219 g/mol. The van der Waals surface area contributed by atoms with Crippen molar-refractivity contribution in [3.63, 3.8) is 0 Å². The van der Waals surface area contributed by atoms with E-state index in [1.54, 1.807) is 11.8 Å². The van der Waals surface area contributed by atoms with Gasteiger partial charge in [-0.1, -0.05) is 17.7 Å². The van der Waals surface area contributed by atoms with Crippen molar-refractivity contribution in [2.75, 3.05) is 0 Å². The number of allylic oxidation sites excluding steroid dienone is 1. The SMILES string of the molecule is N[C@H]1CC(=O)NC1[C@H]1CC=C(Cl)S1. The summed E-state index contributed by atoms with van der Waals surface area (Å²) in [6.45, 7) is 0. The van der Waals surface area contributed by atoms with Crippen LogP contribution in [0, 0.1) is 0 Å². The molecule has 3 N–H and O–H groups in total. The number of hydrogen-bond acceptors (Lipinski definition) is 3. The fourth-order valence-electron chi connectivity index (χ4n) is 1.73. The molecule has 0 spiro atoms. The molecular formula is C8H11ClN2OS. The van der Waals surface area contributed by atoms with Gasteiger partial charge in [0.1, 0.15) is 0 Å². The normalized spacial score (nSPS) is 39.1. The molecule has 2 aliphatic rings. The fraction of sp³-hybridized carbons (Fsp3) is 0.625. The number of carbonyl (C=O) groups excluding carboxylic acids is 1. The van der Waals surface area contributed by atoms with E-state index < -0.39 is 0 Å². The Morgan fingerprint density at radius 1 is 1.69 bits per heavy atom. The Bertz CT molecular complexity index is 269. The van der Waals surface area contributed by atoms with E-state index in [2.05, 4.69) is 5.32 Å². The van der Waals surface area contributed by atoms with E-state index >= 15 is 0 Å². The number of nitrogens with one attached hydrogen (secondary N) is 1. The highest BCUT2D eigenvalue weighted by Crippen LogP contribution is 2.38. The van der Waals surface area contributed by atoms with Crippen molar-refractivity contribution in [1.82, 2.24) is 5.32 Å². The highest BCUT2D eigenvalue weighted by atomic mass is 35.5. The molecule has 2 rings (SSSR count). The first-order valence-electron chi connectivity index (χ1n) is 4.24. The lowest BCUT2D eigenvalue weighted by atomic mass is 10.1. The van der Waals surface area contributed by atoms with Gasteiger partial charge in [-0.15, -0.1) is 11.8 Å². The molecule has 5 heteroatoms. The zero-order valence-corrected chi connectivity index (χ0v) is 8.57. The van der Waals surface area contributed by atoms with Crippen LogP contribution in [-0.4, -0.2) is 23.2 Å². The maximum Gasteiger partial charge on any atom is 0.221 e. The van der Waals surface area contributed by atoms with E-state index in [-0.39, 0.29) is 18.0 Å². The van der Waals surface area contributed by atoms with Crippen molar-refractivity contribution >= 4 is 29.3 Å². The van der Waals surface area contributed by atoms with Crippen LogP contribution in [0.1, 0.15) is 12.8 Å². The minimum atomic E-state index is -0.0547. The number of rotatable bonds is 1. The topological polar surface area (TPSA) is 55.1 Å². The molecule has 0 aliphatic carbocycles. The monoisotopic (exact) mass is 218 g/mol. The van der Waals surface area contributed by atoms with E-state index in [9.17, 15) is 4.79 Å². The van der Waals surface area contributed by atoms with Crippen LogP contribution in [0.2, 0.25) is 0 Å². The molecule has 2 heterocycles. The lowest BCUT2D eigenvalue weighted by Crippen LogP contribution is -2.43. The number of thioether (sulfide) groups is 1. The summed E-state index contributed by atoms with van der Waals surface area (Å²) in [6.07, 6.45) is 3.33. The molecule has 1 unspecified atom stereocenters. The van der Waals surface area contributed by atoms with Gasteiger partial charge in [0.15, 0.2) is 0 Å². The quantitative estimate of drug-likeness (QED) is 0.684. The van der Waals surface area contributed by atoms with Gasteiger partial charge < -0.3 is 11.1 Å². The molecule has 0 aromatic heterocycles. The molecule has 1 fully saturated rings. The second-order valence-corrected chi connectivity index (χ2v) is 5.27. The zero-order chi connectivity index (χ0) is 9.42. The smallest absolute Gasteiger partial charge is 0.221 e. The first kappa shape index (κ1) is 9.37. The van der Waals surface area contributed by atoms with Gasteiger partial charge in [-0.05, 0) is 6.42 Å². The predicted molar refractivity (Wildman–Crippen MR) is 54.5 cm³/mol. The molecular weight excluding hydrogens is 208 g/mol. The maximum absolute atomic E-state index is 11.1. The minimum Gasteiger partial charge on any atom is -0.351 e. The Kier molecular flexibility index (Phi) is 2.53. The highest BCUT2D eigenvalue weighted by Gasteiger charge is 2.37. The molecule has 0 aromatic rings. The summed E-state index contributed by atoms with van der Waals surface area (Å²) in [4.78, 5) is 11.1.